The number of nitrogens with one attached hydrogen (secondary N) is 1. The monoisotopic (exact) mass is 303 g/mol. The van der Waals surface area contributed by atoms with Crippen LogP contribution in [0.1, 0.15) is 11.1 Å². The van der Waals surface area contributed by atoms with E-state index in [4.69, 9.17) is 21.1 Å². The quantitative estimate of drug-likeness (QED) is 0.924. The molecule has 0 fully saturated rings. The minimum absolute atomic E-state index is 0.0149. The summed E-state index contributed by atoms with van der Waals surface area (Å²) in [6.45, 7) is 3.89. The average molecular weight is 304 g/mol. The van der Waals surface area contributed by atoms with Crippen molar-refractivity contribution in [2.24, 2.45) is 0 Å². The first-order valence-electron chi connectivity index (χ1n) is 7.05. The maximum atomic E-state index is 6.05. The van der Waals surface area contributed by atoms with Crippen LogP contribution in [0.2, 0.25) is 5.02 Å². The molecule has 1 unspecified atom stereocenters. The van der Waals surface area contributed by atoms with E-state index in [0.717, 1.165) is 28.6 Å². The lowest BCUT2D eigenvalue weighted by atomic mass is 10.1. The Morgan fingerprint density at radius 2 is 2.10 bits per heavy atom. The highest BCUT2D eigenvalue weighted by Crippen LogP contribution is 2.35. The number of halogens is 1. The zero-order chi connectivity index (χ0) is 14.7. The lowest BCUT2D eigenvalue weighted by molar-refractivity contribution is 0.0438. The predicted molar refractivity (Wildman–Crippen MR) is 85.2 cm³/mol. The molecular weight excluding hydrogens is 286 g/mol. The van der Waals surface area contributed by atoms with Crippen molar-refractivity contribution in [3.05, 3.63) is 58.6 Å². The molecule has 0 bridgehead atoms. The molecule has 3 rings (SSSR count). The number of aryl methyl sites for hydroxylation is 1. The maximum absolute atomic E-state index is 6.05. The van der Waals surface area contributed by atoms with E-state index in [-0.39, 0.29) is 6.10 Å². The Labute approximate surface area is 129 Å². The van der Waals surface area contributed by atoms with Crippen molar-refractivity contribution in [1.82, 2.24) is 0 Å². The van der Waals surface area contributed by atoms with Crippen molar-refractivity contribution in [2.45, 2.75) is 19.6 Å². The smallest absolute Gasteiger partial charge is 0.146 e. The second-order valence-corrected chi connectivity index (χ2v) is 5.66. The lowest BCUT2D eigenvalue weighted by Crippen LogP contribution is -2.35. The van der Waals surface area contributed by atoms with E-state index >= 15 is 0 Å². The van der Waals surface area contributed by atoms with Gasteiger partial charge in [0.2, 0.25) is 0 Å². The molecule has 3 nitrogen and oxygen atoms in total. The van der Waals surface area contributed by atoms with Crippen molar-refractivity contribution in [2.75, 3.05) is 18.5 Å². The summed E-state index contributed by atoms with van der Waals surface area (Å²) in [5.74, 6) is 0.874. The summed E-state index contributed by atoms with van der Waals surface area (Å²) in [5, 5.41) is 4.08. The van der Waals surface area contributed by atoms with Gasteiger partial charge in [-0.05, 0) is 30.2 Å². The van der Waals surface area contributed by atoms with Crippen molar-refractivity contribution >= 4 is 17.3 Å². The predicted octanol–water partition coefficient (Wildman–Crippen LogP) is 4.04. The van der Waals surface area contributed by atoms with Crippen molar-refractivity contribution in [3.63, 3.8) is 0 Å². The minimum Gasteiger partial charge on any atom is -0.484 e. The van der Waals surface area contributed by atoms with Crippen LogP contribution in [-0.4, -0.2) is 19.3 Å². The van der Waals surface area contributed by atoms with Crippen LogP contribution in [0.5, 0.6) is 5.75 Å². The van der Waals surface area contributed by atoms with Gasteiger partial charge in [-0.15, -0.1) is 0 Å². The van der Waals surface area contributed by atoms with Crippen LogP contribution in [0.4, 0.5) is 5.69 Å². The van der Waals surface area contributed by atoms with Gasteiger partial charge in [0.05, 0.1) is 25.4 Å². The summed E-state index contributed by atoms with van der Waals surface area (Å²) in [5.41, 5.74) is 3.17. The molecule has 2 aromatic carbocycles. The van der Waals surface area contributed by atoms with Gasteiger partial charge in [0.15, 0.2) is 0 Å². The molecule has 1 aliphatic heterocycles. The van der Waals surface area contributed by atoms with Crippen molar-refractivity contribution in [3.8, 4) is 5.75 Å². The largest absolute Gasteiger partial charge is 0.484 e. The third kappa shape index (κ3) is 3.49. The van der Waals surface area contributed by atoms with E-state index in [0.29, 0.717) is 13.2 Å². The van der Waals surface area contributed by atoms with Crippen LogP contribution in [0.25, 0.3) is 0 Å². The molecule has 1 heterocycles. The van der Waals surface area contributed by atoms with Gasteiger partial charge in [-0.1, -0.05) is 41.9 Å². The number of hydrogen-bond acceptors (Lipinski definition) is 3. The average Bonchev–Trinajstić information content (AvgIpc) is 2.49. The number of rotatable bonds is 4. The van der Waals surface area contributed by atoms with E-state index in [1.165, 1.54) is 5.56 Å². The van der Waals surface area contributed by atoms with Crippen LogP contribution < -0.4 is 10.1 Å². The molecule has 0 saturated heterocycles. The minimum atomic E-state index is 0.0149. The fourth-order valence-corrected chi connectivity index (χ4v) is 2.70. The van der Waals surface area contributed by atoms with E-state index in [1.807, 2.05) is 37.3 Å². The van der Waals surface area contributed by atoms with Gasteiger partial charge in [0.25, 0.3) is 0 Å². The summed E-state index contributed by atoms with van der Waals surface area (Å²) in [6.07, 6.45) is 0.0149. The summed E-state index contributed by atoms with van der Waals surface area (Å²) < 4.78 is 11.8. The van der Waals surface area contributed by atoms with E-state index in [1.54, 1.807) is 0 Å². The highest BCUT2D eigenvalue weighted by molar-refractivity contribution is 6.31. The van der Waals surface area contributed by atoms with Crippen LogP contribution >= 0.6 is 11.6 Å². The molecule has 1 N–H and O–H groups in total. The third-order valence-electron chi connectivity index (χ3n) is 3.46. The molecule has 0 spiro atoms. The van der Waals surface area contributed by atoms with Gasteiger partial charge in [-0.2, -0.15) is 0 Å². The first kappa shape index (κ1) is 14.2. The number of anilines is 1. The molecule has 0 aliphatic carbocycles. The second-order valence-electron chi connectivity index (χ2n) is 5.22. The molecule has 0 radical (unpaired) electrons. The fourth-order valence-electron chi connectivity index (χ4n) is 2.43. The number of hydrogen-bond donors (Lipinski definition) is 1. The van der Waals surface area contributed by atoms with Crippen LogP contribution in [0.3, 0.4) is 0 Å². The number of fused-ring (bicyclic) bond motifs is 1. The van der Waals surface area contributed by atoms with Crippen molar-refractivity contribution in [1.29, 1.82) is 0 Å². The molecule has 2 aromatic rings. The normalized spacial score (nSPS) is 16.8. The Morgan fingerprint density at radius 1 is 1.29 bits per heavy atom. The van der Waals surface area contributed by atoms with Crippen LogP contribution in [0, 0.1) is 6.92 Å². The Hall–Kier alpha value is -1.71. The summed E-state index contributed by atoms with van der Waals surface area (Å²) in [6, 6.07) is 14.0. The third-order valence-corrected chi connectivity index (χ3v) is 3.68. The first-order valence-corrected chi connectivity index (χ1v) is 7.42. The molecule has 0 saturated carbocycles. The van der Waals surface area contributed by atoms with Crippen molar-refractivity contribution < 1.29 is 9.47 Å². The van der Waals surface area contributed by atoms with Gasteiger partial charge in [-0.3, -0.25) is 0 Å². The first-order chi connectivity index (χ1) is 10.2. The summed E-state index contributed by atoms with van der Waals surface area (Å²) in [7, 11) is 0. The Balaban J connectivity index is 1.57. The van der Waals surface area contributed by atoms with E-state index in [9.17, 15) is 0 Å². The molecule has 0 amide bonds. The molecule has 21 heavy (non-hydrogen) atoms. The van der Waals surface area contributed by atoms with Gasteiger partial charge >= 0.3 is 0 Å². The molecule has 1 atom stereocenters. The fraction of sp³-hybridized carbons (Fsp3) is 0.294. The van der Waals surface area contributed by atoms with Gasteiger partial charge in [-0.25, -0.2) is 0 Å². The van der Waals surface area contributed by atoms with Crippen LogP contribution in [0.15, 0.2) is 42.5 Å². The molecule has 1 aliphatic rings. The van der Waals surface area contributed by atoms with E-state index < -0.39 is 0 Å². The Kier molecular flexibility index (Phi) is 4.32. The molecular formula is C17H18ClNO2. The van der Waals surface area contributed by atoms with E-state index in [2.05, 4.69) is 17.4 Å². The highest BCUT2D eigenvalue weighted by Gasteiger charge is 2.21. The Morgan fingerprint density at radius 3 is 2.90 bits per heavy atom. The highest BCUT2D eigenvalue weighted by atomic mass is 35.5. The van der Waals surface area contributed by atoms with Crippen LogP contribution in [-0.2, 0) is 11.3 Å². The lowest BCUT2D eigenvalue weighted by Gasteiger charge is -2.28. The zero-order valence-electron chi connectivity index (χ0n) is 11.9. The number of benzene rings is 2. The topological polar surface area (TPSA) is 30.5 Å². The molecule has 110 valence electrons. The summed E-state index contributed by atoms with van der Waals surface area (Å²) >= 11 is 6.05. The SMILES string of the molecule is Cc1cc(Cl)cc2c1OC(COCc1ccccc1)CN2. The molecule has 0 aromatic heterocycles. The number of ether oxygens (including phenoxy) is 2. The second kappa shape index (κ2) is 6.37. The Bertz CT molecular complexity index is 616. The molecule has 4 heteroatoms. The maximum Gasteiger partial charge on any atom is 0.146 e. The standard InChI is InChI=1S/C17H18ClNO2/c1-12-7-14(18)8-16-17(12)21-15(9-19-16)11-20-10-13-5-3-2-4-6-13/h2-8,15,19H,9-11H2,1H3. The zero-order valence-corrected chi connectivity index (χ0v) is 12.7. The van der Waals surface area contributed by atoms with Gasteiger partial charge in [0, 0.05) is 5.02 Å². The van der Waals surface area contributed by atoms with Gasteiger partial charge < -0.3 is 14.8 Å². The van der Waals surface area contributed by atoms with Gasteiger partial charge in [0.1, 0.15) is 11.9 Å². The summed E-state index contributed by atoms with van der Waals surface area (Å²) in [4.78, 5) is 0.